The second-order valence-corrected chi connectivity index (χ2v) is 5.20. The standard InChI is InChI=1S/C15H13Cl2N3O3/c1-18-14(21)9-7-19-12(17)6-11(9)20-15(22)8-4-3-5-10(16)13(8)23-2/h3-7H,1-2H3,(H,18,21)(H,19,20,22). The molecule has 1 heterocycles. The number of methoxy groups -OCH3 is 1. The number of nitrogens with zero attached hydrogens (tertiary/aromatic N) is 1. The van der Waals surface area contributed by atoms with Gasteiger partial charge in [-0.2, -0.15) is 0 Å². The molecule has 0 bridgehead atoms. The zero-order chi connectivity index (χ0) is 17.0. The molecule has 6 nitrogen and oxygen atoms in total. The second-order valence-electron chi connectivity index (χ2n) is 4.41. The summed E-state index contributed by atoms with van der Waals surface area (Å²) in [4.78, 5) is 28.2. The highest BCUT2D eigenvalue weighted by Gasteiger charge is 2.18. The minimum absolute atomic E-state index is 0.144. The number of anilines is 1. The molecule has 120 valence electrons. The van der Waals surface area contributed by atoms with Crippen LogP contribution in [-0.4, -0.2) is 31.0 Å². The largest absolute Gasteiger partial charge is 0.494 e. The highest BCUT2D eigenvalue weighted by atomic mass is 35.5. The number of carbonyl (C=O) groups excluding carboxylic acids is 2. The fourth-order valence-corrected chi connectivity index (χ4v) is 2.34. The van der Waals surface area contributed by atoms with Gasteiger partial charge in [0.05, 0.1) is 28.9 Å². The van der Waals surface area contributed by atoms with Gasteiger partial charge in [-0.3, -0.25) is 9.59 Å². The van der Waals surface area contributed by atoms with Gasteiger partial charge in [0.1, 0.15) is 10.9 Å². The Labute approximate surface area is 142 Å². The summed E-state index contributed by atoms with van der Waals surface area (Å²) in [6, 6.07) is 6.18. The molecule has 0 spiro atoms. The first-order chi connectivity index (χ1) is 11.0. The Morgan fingerprint density at radius 3 is 2.57 bits per heavy atom. The lowest BCUT2D eigenvalue weighted by Crippen LogP contribution is -2.22. The number of ether oxygens (including phenoxy) is 1. The van der Waals surface area contributed by atoms with Gasteiger partial charge in [-0.1, -0.05) is 29.3 Å². The number of carbonyl (C=O) groups is 2. The number of pyridine rings is 1. The lowest BCUT2D eigenvalue weighted by Gasteiger charge is -2.13. The van der Waals surface area contributed by atoms with Crippen molar-refractivity contribution >= 4 is 40.7 Å². The van der Waals surface area contributed by atoms with Gasteiger partial charge in [0.15, 0.2) is 0 Å². The highest BCUT2D eigenvalue weighted by molar-refractivity contribution is 6.33. The minimum Gasteiger partial charge on any atom is -0.494 e. The smallest absolute Gasteiger partial charge is 0.259 e. The van der Waals surface area contributed by atoms with E-state index in [-0.39, 0.29) is 27.7 Å². The molecule has 1 aromatic heterocycles. The molecular formula is C15H13Cl2N3O3. The number of halogens is 2. The van der Waals surface area contributed by atoms with Crippen LogP contribution in [0, 0.1) is 0 Å². The summed E-state index contributed by atoms with van der Waals surface area (Å²) in [6.45, 7) is 0. The molecule has 0 fully saturated rings. The molecule has 2 N–H and O–H groups in total. The monoisotopic (exact) mass is 353 g/mol. The van der Waals surface area contributed by atoms with Crippen molar-refractivity contribution < 1.29 is 14.3 Å². The van der Waals surface area contributed by atoms with Crippen LogP contribution in [0.25, 0.3) is 0 Å². The van der Waals surface area contributed by atoms with Gasteiger partial charge in [0.2, 0.25) is 0 Å². The Morgan fingerprint density at radius 2 is 1.91 bits per heavy atom. The van der Waals surface area contributed by atoms with Gasteiger partial charge >= 0.3 is 0 Å². The Balaban J connectivity index is 2.40. The Kier molecular flexibility index (Phi) is 5.41. The van der Waals surface area contributed by atoms with Crippen molar-refractivity contribution in [2.45, 2.75) is 0 Å². The van der Waals surface area contributed by atoms with E-state index in [4.69, 9.17) is 27.9 Å². The van der Waals surface area contributed by atoms with Crippen LogP contribution in [0.5, 0.6) is 5.75 Å². The normalized spacial score (nSPS) is 10.1. The molecule has 2 amide bonds. The van der Waals surface area contributed by atoms with Crippen molar-refractivity contribution in [2.24, 2.45) is 0 Å². The van der Waals surface area contributed by atoms with Crippen LogP contribution < -0.4 is 15.4 Å². The van der Waals surface area contributed by atoms with Crippen molar-refractivity contribution in [3.8, 4) is 5.75 Å². The van der Waals surface area contributed by atoms with Gasteiger partial charge < -0.3 is 15.4 Å². The minimum atomic E-state index is -0.489. The first-order valence-corrected chi connectivity index (χ1v) is 7.25. The summed E-state index contributed by atoms with van der Waals surface area (Å²) < 4.78 is 5.15. The molecule has 2 aromatic rings. The molecule has 0 aliphatic carbocycles. The van der Waals surface area contributed by atoms with E-state index in [1.165, 1.54) is 26.4 Å². The molecule has 0 atom stereocenters. The topological polar surface area (TPSA) is 80.3 Å². The number of para-hydroxylation sites is 1. The number of hydrogen-bond acceptors (Lipinski definition) is 4. The number of aromatic nitrogens is 1. The summed E-state index contributed by atoms with van der Waals surface area (Å²) in [7, 11) is 2.89. The fraction of sp³-hybridized carbons (Fsp3) is 0.133. The van der Waals surface area contributed by atoms with Crippen molar-refractivity contribution in [3.05, 3.63) is 51.8 Å². The lowest BCUT2D eigenvalue weighted by molar-refractivity contribution is 0.0963. The molecule has 8 heteroatoms. The first-order valence-electron chi connectivity index (χ1n) is 6.49. The third kappa shape index (κ3) is 3.72. The molecule has 0 aliphatic rings. The number of amides is 2. The van der Waals surface area contributed by atoms with Crippen LogP contribution in [0.2, 0.25) is 10.2 Å². The molecule has 23 heavy (non-hydrogen) atoms. The SMILES string of the molecule is CNC(=O)c1cnc(Cl)cc1NC(=O)c1cccc(Cl)c1OC. The van der Waals surface area contributed by atoms with Crippen LogP contribution >= 0.6 is 23.2 Å². The quantitative estimate of drug-likeness (QED) is 0.828. The third-order valence-corrected chi connectivity index (χ3v) is 3.51. The fourth-order valence-electron chi connectivity index (χ4n) is 1.93. The average Bonchev–Trinajstić information content (AvgIpc) is 2.54. The van der Waals surface area contributed by atoms with E-state index in [1.807, 2.05) is 0 Å². The van der Waals surface area contributed by atoms with Crippen molar-refractivity contribution in [1.29, 1.82) is 0 Å². The summed E-state index contributed by atoms with van der Waals surface area (Å²) in [6.07, 6.45) is 1.28. The van der Waals surface area contributed by atoms with E-state index in [0.29, 0.717) is 5.02 Å². The van der Waals surface area contributed by atoms with E-state index >= 15 is 0 Å². The maximum Gasteiger partial charge on any atom is 0.259 e. The number of hydrogen-bond donors (Lipinski definition) is 2. The molecule has 0 aliphatic heterocycles. The van der Waals surface area contributed by atoms with E-state index in [2.05, 4.69) is 15.6 Å². The van der Waals surface area contributed by atoms with E-state index < -0.39 is 11.8 Å². The predicted molar refractivity (Wildman–Crippen MR) is 88.6 cm³/mol. The van der Waals surface area contributed by atoms with Crippen LogP contribution in [0.1, 0.15) is 20.7 Å². The van der Waals surface area contributed by atoms with E-state index in [0.717, 1.165) is 0 Å². The molecule has 1 aromatic carbocycles. The van der Waals surface area contributed by atoms with Crippen molar-refractivity contribution in [3.63, 3.8) is 0 Å². The second kappa shape index (κ2) is 7.30. The summed E-state index contributed by atoms with van der Waals surface area (Å²) >= 11 is 11.8. The predicted octanol–water partition coefficient (Wildman–Crippen LogP) is 3.01. The highest BCUT2D eigenvalue weighted by Crippen LogP contribution is 2.29. The zero-order valence-corrected chi connectivity index (χ0v) is 13.8. The van der Waals surface area contributed by atoms with Gasteiger partial charge in [-0.25, -0.2) is 4.98 Å². The Hall–Kier alpha value is -2.31. The van der Waals surface area contributed by atoms with Gasteiger partial charge in [0.25, 0.3) is 11.8 Å². The molecule has 0 unspecified atom stereocenters. The van der Waals surface area contributed by atoms with Gasteiger partial charge in [-0.15, -0.1) is 0 Å². The lowest BCUT2D eigenvalue weighted by atomic mass is 10.1. The Morgan fingerprint density at radius 1 is 1.17 bits per heavy atom. The summed E-state index contributed by atoms with van der Waals surface area (Å²) in [5.74, 6) is -0.646. The van der Waals surface area contributed by atoms with Gasteiger partial charge in [-0.05, 0) is 18.2 Å². The van der Waals surface area contributed by atoms with Crippen molar-refractivity contribution in [2.75, 3.05) is 19.5 Å². The van der Waals surface area contributed by atoms with E-state index in [9.17, 15) is 9.59 Å². The summed E-state index contributed by atoms with van der Waals surface area (Å²) in [5, 5.41) is 5.54. The maximum absolute atomic E-state index is 12.5. The van der Waals surface area contributed by atoms with Crippen LogP contribution in [0.3, 0.4) is 0 Å². The molecule has 0 saturated heterocycles. The Bertz CT molecular complexity index is 766. The van der Waals surface area contributed by atoms with Crippen LogP contribution in [0.15, 0.2) is 30.5 Å². The molecule has 0 radical (unpaired) electrons. The summed E-state index contributed by atoms with van der Waals surface area (Å²) in [5.41, 5.74) is 0.651. The maximum atomic E-state index is 12.5. The van der Waals surface area contributed by atoms with Gasteiger partial charge in [0, 0.05) is 13.2 Å². The molecular weight excluding hydrogens is 341 g/mol. The van der Waals surface area contributed by atoms with Crippen molar-refractivity contribution in [1.82, 2.24) is 10.3 Å². The first kappa shape index (κ1) is 17.1. The van der Waals surface area contributed by atoms with Crippen LogP contribution in [0.4, 0.5) is 5.69 Å². The number of benzene rings is 1. The zero-order valence-electron chi connectivity index (χ0n) is 12.3. The molecule has 0 saturated carbocycles. The number of nitrogens with one attached hydrogen (secondary N) is 2. The van der Waals surface area contributed by atoms with Crippen LogP contribution in [-0.2, 0) is 0 Å². The number of rotatable bonds is 4. The van der Waals surface area contributed by atoms with E-state index in [1.54, 1.807) is 18.2 Å². The average molecular weight is 354 g/mol. The molecule has 2 rings (SSSR count). The third-order valence-electron chi connectivity index (χ3n) is 3.01.